The summed E-state index contributed by atoms with van der Waals surface area (Å²) in [5, 5.41) is 3.48. The molecule has 1 atom stereocenters. The summed E-state index contributed by atoms with van der Waals surface area (Å²) in [5.41, 5.74) is 1.15. The fourth-order valence-corrected chi connectivity index (χ4v) is 4.46. The topological polar surface area (TPSA) is 71.0 Å². The molecule has 0 aliphatic carbocycles. The number of aliphatic imine (C=N–C) groups is 1. The Hall–Kier alpha value is -2.22. The highest BCUT2D eigenvalue weighted by Gasteiger charge is 2.35. The van der Waals surface area contributed by atoms with Crippen LogP contribution >= 0.6 is 35.0 Å². The molecule has 152 valence electrons. The Morgan fingerprint density at radius 1 is 1.24 bits per heavy atom. The van der Waals surface area contributed by atoms with Crippen LogP contribution in [-0.2, 0) is 9.59 Å². The SMILES string of the molecule is CCN1C(=O)CC(C(=O)Nc2cc(Cl)cc(Cl)c2)SC1=Nc1ccc(OC)cc1. The molecular formula is C20H19Cl2N3O3S. The predicted octanol–water partition coefficient (Wildman–Crippen LogP) is 4.98. The lowest BCUT2D eigenvalue weighted by Gasteiger charge is -2.30. The molecule has 0 saturated carbocycles. The van der Waals surface area contributed by atoms with Crippen LogP contribution < -0.4 is 10.1 Å². The summed E-state index contributed by atoms with van der Waals surface area (Å²) in [5.74, 6) is 0.258. The molecular weight excluding hydrogens is 433 g/mol. The number of benzene rings is 2. The number of thioether (sulfide) groups is 1. The molecule has 1 saturated heterocycles. The molecule has 2 aromatic rings. The van der Waals surface area contributed by atoms with E-state index in [9.17, 15) is 9.59 Å². The van der Waals surface area contributed by atoms with Gasteiger partial charge in [0, 0.05) is 28.7 Å². The van der Waals surface area contributed by atoms with Crippen molar-refractivity contribution < 1.29 is 14.3 Å². The Morgan fingerprint density at radius 2 is 1.90 bits per heavy atom. The largest absolute Gasteiger partial charge is 0.497 e. The van der Waals surface area contributed by atoms with Crippen molar-refractivity contribution in [2.75, 3.05) is 19.0 Å². The third-order valence-corrected chi connectivity index (χ3v) is 5.80. The van der Waals surface area contributed by atoms with E-state index in [1.54, 1.807) is 54.5 Å². The smallest absolute Gasteiger partial charge is 0.238 e. The highest BCUT2D eigenvalue weighted by Crippen LogP contribution is 2.31. The van der Waals surface area contributed by atoms with Gasteiger partial charge < -0.3 is 10.1 Å². The van der Waals surface area contributed by atoms with E-state index in [2.05, 4.69) is 10.3 Å². The van der Waals surface area contributed by atoms with Gasteiger partial charge >= 0.3 is 0 Å². The lowest BCUT2D eigenvalue weighted by atomic mass is 10.2. The summed E-state index contributed by atoms with van der Waals surface area (Å²) in [6.45, 7) is 2.34. The number of halogens is 2. The molecule has 1 fully saturated rings. The number of carbonyl (C=O) groups is 2. The van der Waals surface area contributed by atoms with Crippen LogP contribution in [-0.4, -0.2) is 40.8 Å². The number of amides is 2. The number of amidine groups is 1. The number of methoxy groups -OCH3 is 1. The summed E-state index contributed by atoms with van der Waals surface area (Å²) < 4.78 is 5.15. The fourth-order valence-electron chi connectivity index (χ4n) is 2.77. The number of hydrogen-bond acceptors (Lipinski definition) is 5. The first-order valence-corrected chi connectivity index (χ1v) is 10.5. The molecule has 1 N–H and O–H groups in total. The minimum Gasteiger partial charge on any atom is -0.497 e. The van der Waals surface area contributed by atoms with Crippen LogP contribution in [0.4, 0.5) is 11.4 Å². The van der Waals surface area contributed by atoms with Gasteiger partial charge in [0.1, 0.15) is 11.0 Å². The third-order valence-electron chi connectivity index (χ3n) is 4.18. The van der Waals surface area contributed by atoms with Gasteiger partial charge in [-0.05, 0) is 49.4 Å². The summed E-state index contributed by atoms with van der Waals surface area (Å²) in [6.07, 6.45) is 0.0836. The average Bonchev–Trinajstić information content (AvgIpc) is 2.67. The van der Waals surface area contributed by atoms with Crippen LogP contribution in [0.3, 0.4) is 0 Å². The highest BCUT2D eigenvalue weighted by molar-refractivity contribution is 8.15. The Bertz CT molecular complexity index is 930. The van der Waals surface area contributed by atoms with Crippen molar-refractivity contribution >= 4 is 63.3 Å². The van der Waals surface area contributed by atoms with Gasteiger partial charge in [-0.2, -0.15) is 0 Å². The maximum absolute atomic E-state index is 12.8. The van der Waals surface area contributed by atoms with E-state index >= 15 is 0 Å². The molecule has 1 aliphatic rings. The Kier molecular flexibility index (Phi) is 7.05. The fraction of sp³-hybridized carbons (Fsp3) is 0.250. The van der Waals surface area contributed by atoms with Crippen molar-refractivity contribution in [3.63, 3.8) is 0 Å². The molecule has 1 heterocycles. The second kappa shape index (κ2) is 9.52. The molecule has 2 amide bonds. The van der Waals surface area contributed by atoms with Crippen molar-refractivity contribution in [2.45, 2.75) is 18.6 Å². The molecule has 1 unspecified atom stereocenters. The molecule has 0 bridgehead atoms. The number of nitrogens with zero attached hydrogens (tertiary/aromatic N) is 2. The molecule has 1 aliphatic heterocycles. The molecule has 29 heavy (non-hydrogen) atoms. The maximum Gasteiger partial charge on any atom is 0.238 e. The van der Waals surface area contributed by atoms with E-state index in [-0.39, 0.29) is 18.2 Å². The average molecular weight is 452 g/mol. The zero-order valence-electron chi connectivity index (χ0n) is 15.8. The minimum atomic E-state index is -0.611. The van der Waals surface area contributed by atoms with Crippen LogP contribution in [0.2, 0.25) is 10.0 Å². The van der Waals surface area contributed by atoms with E-state index in [0.29, 0.717) is 38.9 Å². The number of anilines is 1. The summed E-state index contributed by atoms with van der Waals surface area (Å²) in [7, 11) is 1.59. The number of rotatable bonds is 5. The molecule has 2 aromatic carbocycles. The molecule has 0 spiro atoms. The Balaban J connectivity index is 1.80. The number of hydrogen-bond donors (Lipinski definition) is 1. The van der Waals surface area contributed by atoms with Crippen molar-refractivity contribution in [1.29, 1.82) is 0 Å². The number of carbonyl (C=O) groups excluding carboxylic acids is 2. The maximum atomic E-state index is 12.8. The molecule has 0 radical (unpaired) electrons. The van der Waals surface area contributed by atoms with Crippen molar-refractivity contribution in [3.05, 3.63) is 52.5 Å². The zero-order chi connectivity index (χ0) is 21.0. The summed E-state index contributed by atoms with van der Waals surface area (Å²) >= 11 is 13.2. The van der Waals surface area contributed by atoms with Gasteiger partial charge in [-0.15, -0.1) is 0 Å². The van der Waals surface area contributed by atoms with Crippen molar-refractivity contribution in [2.24, 2.45) is 4.99 Å². The van der Waals surface area contributed by atoms with E-state index < -0.39 is 5.25 Å². The molecule has 0 aromatic heterocycles. The Labute approximate surface area is 183 Å². The molecule has 3 rings (SSSR count). The first kappa shape index (κ1) is 21.5. The standard InChI is InChI=1S/C20H19Cl2N3O3S/c1-3-25-18(26)11-17(19(27)23-15-9-12(21)8-13(22)10-15)29-20(25)24-14-4-6-16(28-2)7-5-14/h4-10,17H,3,11H2,1-2H3,(H,23,27). The van der Waals surface area contributed by atoms with Crippen molar-refractivity contribution in [3.8, 4) is 5.75 Å². The van der Waals surface area contributed by atoms with Crippen LogP contribution in [0.15, 0.2) is 47.5 Å². The third kappa shape index (κ3) is 5.44. The summed E-state index contributed by atoms with van der Waals surface area (Å²) in [6, 6.07) is 12.0. The zero-order valence-corrected chi connectivity index (χ0v) is 18.1. The van der Waals surface area contributed by atoms with Gasteiger partial charge in [0.05, 0.1) is 12.8 Å². The second-order valence-electron chi connectivity index (χ2n) is 6.19. The quantitative estimate of drug-likeness (QED) is 0.695. The van der Waals surface area contributed by atoms with Crippen LogP contribution in [0.5, 0.6) is 5.75 Å². The Morgan fingerprint density at radius 3 is 2.48 bits per heavy atom. The van der Waals surface area contributed by atoms with Crippen LogP contribution in [0.1, 0.15) is 13.3 Å². The molecule has 6 nitrogen and oxygen atoms in total. The first-order valence-electron chi connectivity index (χ1n) is 8.86. The normalized spacial score (nSPS) is 18.1. The van der Waals surface area contributed by atoms with Gasteiger partial charge in [0.2, 0.25) is 11.8 Å². The first-order chi connectivity index (χ1) is 13.9. The van der Waals surface area contributed by atoms with Crippen LogP contribution in [0, 0.1) is 0 Å². The van der Waals surface area contributed by atoms with Gasteiger partial charge in [-0.25, -0.2) is 4.99 Å². The minimum absolute atomic E-state index is 0.0836. The van der Waals surface area contributed by atoms with E-state index in [0.717, 1.165) is 0 Å². The van der Waals surface area contributed by atoms with E-state index in [4.69, 9.17) is 27.9 Å². The lowest BCUT2D eigenvalue weighted by molar-refractivity contribution is -0.129. The number of nitrogens with one attached hydrogen (secondary N) is 1. The molecule has 9 heteroatoms. The highest BCUT2D eigenvalue weighted by atomic mass is 35.5. The lowest BCUT2D eigenvalue weighted by Crippen LogP contribution is -2.45. The monoisotopic (exact) mass is 451 g/mol. The van der Waals surface area contributed by atoms with E-state index in [1.807, 2.05) is 6.92 Å². The van der Waals surface area contributed by atoms with Gasteiger partial charge in [-0.3, -0.25) is 14.5 Å². The number of ether oxygens (including phenoxy) is 1. The van der Waals surface area contributed by atoms with E-state index in [1.165, 1.54) is 11.8 Å². The van der Waals surface area contributed by atoms with Gasteiger partial charge in [0.15, 0.2) is 5.17 Å². The van der Waals surface area contributed by atoms with Gasteiger partial charge in [0.25, 0.3) is 0 Å². The van der Waals surface area contributed by atoms with Gasteiger partial charge in [-0.1, -0.05) is 35.0 Å². The second-order valence-corrected chi connectivity index (χ2v) is 8.23. The van der Waals surface area contributed by atoms with Crippen LogP contribution in [0.25, 0.3) is 0 Å². The summed E-state index contributed by atoms with van der Waals surface area (Å²) in [4.78, 5) is 31.5. The van der Waals surface area contributed by atoms with Crippen molar-refractivity contribution in [1.82, 2.24) is 4.90 Å². The predicted molar refractivity (Wildman–Crippen MR) is 119 cm³/mol.